The Morgan fingerprint density at radius 2 is 2.19 bits per heavy atom. The highest BCUT2D eigenvalue weighted by Gasteiger charge is 1.95. The second-order valence-electron chi connectivity index (χ2n) is 4.37. The van der Waals surface area contributed by atoms with Crippen molar-refractivity contribution in [3.8, 4) is 0 Å². The van der Waals surface area contributed by atoms with Crippen molar-refractivity contribution >= 4 is 11.4 Å². The minimum atomic E-state index is 0.613. The molecule has 0 fully saturated rings. The lowest BCUT2D eigenvalue weighted by atomic mass is 10.2. The number of benzene rings is 1. The molecule has 0 heterocycles. The number of nitrogens with one attached hydrogen (secondary N) is 1. The fourth-order valence-corrected chi connectivity index (χ4v) is 1.37. The molecular weight excluding hydrogens is 200 g/mol. The van der Waals surface area contributed by atoms with Gasteiger partial charge in [0.15, 0.2) is 0 Å². The summed E-state index contributed by atoms with van der Waals surface area (Å²) in [5.41, 5.74) is 7.54. The van der Waals surface area contributed by atoms with Gasteiger partial charge in [0, 0.05) is 31.1 Å². The molecule has 0 saturated carbocycles. The van der Waals surface area contributed by atoms with Gasteiger partial charge < -0.3 is 15.8 Å². The molecule has 0 aliphatic carbocycles. The van der Waals surface area contributed by atoms with E-state index in [0.29, 0.717) is 5.92 Å². The maximum Gasteiger partial charge on any atom is 0.0489 e. The molecular formula is C13H22N2O. The van der Waals surface area contributed by atoms with Crippen molar-refractivity contribution in [2.75, 3.05) is 30.8 Å². The highest BCUT2D eigenvalue weighted by molar-refractivity contribution is 5.53. The molecule has 0 spiro atoms. The second kappa shape index (κ2) is 7.12. The van der Waals surface area contributed by atoms with Crippen LogP contribution in [0.3, 0.4) is 0 Å². The first-order valence-electron chi connectivity index (χ1n) is 5.85. The lowest BCUT2D eigenvalue weighted by Gasteiger charge is -2.08. The topological polar surface area (TPSA) is 47.3 Å². The van der Waals surface area contributed by atoms with E-state index in [4.69, 9.17) is 10.5 Å². The van der Waals surface area contributed by atoms with Crippen molar-refractivity contribution < 1.29 is 4.74 Å². The van der Waals surface area contributed by atoms with Crippen LogP contribution in [0.15, 0.2) is 24.3 Å². The Balaban J connectivity index is 2.07. The van der Waals surface area contributed by atoms with Crippen LogP contribution in [0, 0.1) is 5.92 Å². The fraction of sp³-hybridized carbons (Fsp3) is 0.538. The highest BCUT2D eigenvalue weighted by Crippen LogP contribution is 2.11. The Morgan fingerprint density at radius 3 is 2.88 bits per heavy atom. The summed E-state index contributed by atoms with van der Waals surface area (Å²) >= 11 is 0. The van der Waals surface area contributed by atoms with Crippen molar-refractivity contribution in [2.45, 2.75) is 20.3 Å². The Morgan fingerprint density at radius 1 is 1.38 bits per heavy atom. The molecule has 0 aliphatic heterocycles. The predicted molar refractivity (Wildman–Crippen MR) is 69.6 cm³/mol. The molecule has 0 radical (unpaired) electrons. The van der Waals surface area contributed by atoms with Crippen LogP contribution in [-0.2, 0) is 4.74 Å². The van der Waals surface area contributed by atoms with E-state index in [9.17, 15) is 0 Å². The van der Waals surface area contributed by atoms with E-state index in [0.717, 1.165) is 37.6 Å². The van der Waals surface area contributed by atoms with Crippen molar-refractivity contribution in [3.05, 3.63) is 24.3 Å². The molecule has 0 atom stereocenters. The van der Waals surface area contributed by atoms with E-state index in [-0.39, 0.29) is 0 Å². The second-order valence-corrected chi connectivity index (χ2v) is 4.37. The molecule has 3 N–H and O–H groups in total. The fourth-order valence-electron chi connectivity index (χ4n) is 1.37. The standard InChI is InChI=1S/C13H22N2O/c1-11(2)10-16-8-4-7-15-13-6-3-5-12(14)9-13/h3,5-6,9,11,15H,4,7-8,10,14H2,1-2H3. The lowest BCUT2D eigenvalue weighted by molar-refractivity contribution is 0.110. The number of hydrogen-bond acceptors (Lipinski definition) is 3. The summed E-state index contributed by atoms with van der Waals surface area (Å²) in [5, 5.41) is 3.31. The molecule has 0 saturated heterocycles. The van der Waals surface area contributed by atoms with Crippen LogP contribution in [0.4, 0.5) is 11.4 Å². The van der Waals surface area contributed by atoms with Crippen LogP contribution in [0.2, 0.25) is 0 Å². The molecule has 0 aliphatic rings. The quantitative estimate of drug-likeness (QED) is 0.551. The molecule has 3 nitrogen and oxygen atoms in total. The third-order valence-corrected chi connectivity index (χ3v) is 2.13. The molecule has 1 aromatic rings. The Labute approximate surface area is 98.0 Å². The van der Waals surface area contributed by atoms with Crippen LogP contribution in [0.1, 0.15) is 20.3 Å². The van der Waals surface area contributed by atoms with Crippen LogP contribution in [-0.4, -0.2) is 19.8 Å². The Kier molecular flexibility index (Phi) is 5.72. The van der Waals surface area contributed by atoms with Crippen molar-refractivity contribution in [3.63, 3.8) is 0 Å². The number of hydrogen-bond donors (Lipinski definition) is 2. The van der Waals surface area contributed by atoms with E-state index in [1.54, 1.807) is 0 Å². The zero-order valence-electron chi connectivity index (χ0n) is 10.2. The van der Waals surface area contributed by atoms with Crippen LogP contribution in [0.5, 0.6) is 0 Å². The number of anilines is 2. The van der Waals surface area contributed by atoms with Gasteiger partial charge in [0.05, 0.1) is 0 Å². The summed E-state index contributed by atoms with van der Waals surface area (Å²) in [6.45, 7) is 6.89. The van der Waals surface area contributed by atoms with Gasteiger partial charge >= 0.3 is 0 Å². The number of ether oxygens (including phenoxy) is 1. The van der Waals surface area contributed by atoms with Gasteiger partial charge in [-0.25, -0.2) is 0 Å². The predicted octanol–water partition coefficient (Wildman–Crippen LogP) is 2.74. The van der Waals surface area contributed by atoms with E-state index < -0.39 is 0 Å². The van der Waals surface area contributed by atoms with E-state index in [2.05, 4.69) is 19.2 Å². The summed E-state index contributed by atoms with van der Waals surface area (Å²) < 4.78 is 5.49. The first kappa shape index (κ1) is 12.8. The van der Waals surface area contributed by atoms with Crippen molar-refractivity contribution in [2.24, 2.45) is 5.92 Å². The monoisotopic (exact) mass is 222 g/mol. The lowest BCUT2D eigenvalue weighted by Crippen LogP contribution is -2.08. The summed E-state index contributed by atoms with van der Waals surface area (Å²) in [6.07, 6.45) is 1.02. The van der Waals surface area contributed by atoms with Crippen LogP contribution < -0.4 is 11.1 Å². The molecule has 16 heavy (non-hydrogen) atoms. The minimum Gasteiger partial charge on any atom is -0.399 e. The first-order chi connectivity index (χ1) is 7.68. The average Bonchev–Trinajstić information content (AvgIpc) is 2.23. The zero-order chi connectivity index (χ0) is 11.8. The van der Waals surface area contributed by atoms with Crippen LogP contribution in [0.25, 0.3) is 0 Å². The molecule has 0 unspecified atom stereocenters. The molecule has 0 aromatic heterocycles. The van der Waals surface area contributed by atoms with Gasteiger partial charge in [-0.2, -0.15) is 0 Å². The number of nitrogen functional groups attached to an aromatic ring is 1. The summed E-state index contributed by atoms with van der Waals surface area (Å²) in [4.78, 5) is 0. The molecule has 0 amide bonds. The Hall–Kier alpha value is -1.22. The third-order valence-electron chi connectivity index (χ3n) is 2.13. The smallest absolute Gasteiger partial charge is 0.0489 e. The molecule has 1 rings (SSSR count). The largest absolute Gasteiger partial charge is 0.399 e. The Bertz CT molecular complexity index is 300. The van der Waals surface area contributed by atoms with E-state index >= 15 is 0 Å². The summed E-state index contributed by atoms with van der Waals surface area (Å²) in [5.74, 6) is 0.613. The van der Waals surface area contributed by atoms with Gasteiger partial charge in [0.2, 0.25) is 0 Å². The minimum absolute atomic E-state index is 0.613. The maximum atomic E-state index is 5.68. The van der Waals surface area contributed by atoms with Gasteiger partial charge in [-0.15, -0.1) is 0 Å². The maximum absolute atomic E-state index is 5.68. The zero-order valence-corrected chi connectivity index (χ0v) is 10.2. The number of nitrogens with two attached hydrogens (primary N) is 1. The molecule has 3 heteroatoms. The van der Waals surface area contributed by atoms with Gasteiger partial charge in [-0.05, 0) is 30.5 Å². The SMILES string of the molecule is CC(C)COCCCNc1cccc(N)c1. The first-order valence-corrected chi connectivity index (χ1v) is 5.85. The molecule has 1 aromatic carbocycles. The summed E-state index contributed by atoms with van der Waals surface area (Å²) in [6, 6.07) is 7.80. The van der Waals surface area contributed by atoms with E-state index in [1.807, 2.05) is 24.3 Å². The summed E-state index contributed by atoms with van der Waals surface area (Å²) in [7, 11) is 0. The van der Waals surface area contributed by atoms with Crippen molar-refractivity contribution in [1.29, 1.82) is 0 Å². The normalized spacial score (nSPS) is 10.7. The van der Waals surface area contributed by atoms with Gasteiger partial charge in [0.1, 0.15) is 0 Å². The number of rotatable bonds is 7. The van der Waals surface area contributed by atoms with Crippen molar-refractivity contribution in [1.82, 2.24) is 0 Å². The third kappa shape index (κ3) is 5.61. The molecule has 90 valence electrons. The van der Waals surface area contributed by atoms with Crippen LogP contribution >= 0.6 is 0 Å². The van der Waals surface area contributed by atoms with Gasteiger partial charge in [-0.3, -0.25) is 0 Å². The highest BCUT2D eigenvalue weighted by atomic mass is 16.5. The average molecular weight is 222 g/mol. The van der Waals surface area contributed by atoms with Gasteiger partial charge in [0.25, 0.3) is 0 Å². The van der Waals surface area contributed by atoms with Gasteiger partial charge in [-0.1, -0.05) is 19.9 Å². The van der Waals surface area contributed by atoms with E-state index in [1.165, 1.54) is 0 Å². The molecule has 0 bridgehead atoms.